The van der Waals surface area contributed by atoms with Gasteiger partial charge in [0.05, 0.1) is 11.4 Å². The number of amides is 1. The van der Waals surface area contributed by atoms with Gasteiger partial charge in [-0.15, -0.1) is 11.8 Å². The number of carbonyl (C=O) groups is 1. The van der Waals surface area contributed by atoms with Crippen LogP contribution in [0.3, 0.4) is 0 Å². The van der Waals surface area contributed by atoms with Gasteiger partial charge in [0.25, 0.3) is 0 Å². The van der Waals surface area contributed by atoms with Gasteiger partial charge < -0.3 is 5.32 Å². The molecule has 0 aliphatic heterocycles. The summed E-state index contributed by atoms with van der Waals surface area (Å²) < 4.78 is 1.81. The smallest absolute Gasteiger partial charge is 0.238 e. The van der Waals surface area contributed by atoms with Crippen LogP contribution in [0.25, 0.3) is 0 Å². The van der Waals surface area contributed by atoms with Gasteiger partial charge in [-0.1, -0.05) is 17.7 Å². The number of hydrogen-bond donors (Lipinski definition) is 1. The van der Waals surface area contributed by atoms with Crippen LogP contribution in [0, 0.1) is 13.8 Å². The van der Waals surface area contributed by atoms with E-state index in [0.29, 0.717) is 0 Å². The Morgan fingerprint density at radius 2 is 1.95 bits per heavy atom. The molecule has 2 rings (SSSR count). The fourth-order valence-corrected chi connectivity index (χ4v) is 3.17. The molecule has 0 spiro atoms. The van der Waals surface area contributed by atoms with Crippen LogP contribution in [0.1, 0.15) is 37.9 Å². The Balaban J connectivity index is 2.04. The minimum atomic E-state index is -0.170. The van der Waals surface area contributed by atoms with Crippen LogP contribution < -0.4 is 5.32 Å². The van der Waals surface area contributed by atoms with E-state index >= 15 is 0 Å². The number of aromatic nitrogens is 2. The number of aryl methyl sites for hydroxylation is 2. The molecule has 4 nitrogen and oxygen atoms in total. The predicted octanol–water partition coefficient (Wildman–Crippen LogP) is 4.20. The molecule has 0 fully saturated rings. The Kier molecular flexibility index (Phi) is 5.29. The Bertz CT molecular complexity index is 664. The molecular formula is C17H23N3OS. The molecule has 0 saturated carbocycles. The minimum absolute atomic E-state index is 0.00706. The second kappa shape index (κ2) is 7.01. The molecule has 22 heavy (non-hydrogen) atoms. The van der Waals surface area contributed by atoms with E-state index in [1.165, 1.54) is 11.1 Å². The van der Waals surface area contributed by atoms with Gasteiger partial charge in [-0.2, -0.15) is 5.10 Å². The number of nitrogens with one attached hydrogen (secondary N) is 1. The fraction of sp³-hybridized carbons (Fsp3) is 0.412. The third kappa shape index (κ3) is 3.91. The van der Waals surface area contributed by atoms with Gasteiger partial charge in [-0.05, 0) is 46.2 Å². The number of rotatable bonds is 5. The second-order valence-corrected chi connectivity index (χ2v) is 7.16. The van der Waals surface area contributed by atoms with Crippen molar-refractivity contribution in [2.45, 2.75) is 50.8 Å². The van der Waals surface area contributed by atoms with Crippen LogP contribution in [-0.4, -0.2) is 20.9 Å². The van der Waals surface area contributed by atoms with Crippen molar-refractivity contribution in [3.8, 4) is 0 Å². The van der Waals surface area contributed by atoms with Crippen LogP contribution in [0.2, 0.25) is 0 Å². The van der Waals surface area contributed by atoms with Crippen molar-refractivity contribution in [2.24, 2.45) is 0 Å². The highest BCUT2D eigenvalue weighted by Crippen LogP contribution is 2.28. The van der Waals surface area contributed by atoms with E-state index in [1.54, 1.807) is 18.0 Å². The van der Waals surface area contributed by atoms with E-state index in [9.17, 15) is 4.79 Å². The van der Waals surface area contributed by atoms with Gasteiger partial charge in [-0.3, -0.25) is 4.79 Å². The molecule has 1 atom stereocenters. The van der Waals surface area contributed by atoms with Crippen molar-refractivity contribution >= 4 is 23.5 Å². The normalized spacial score (nSPS) is 12.5. The van der Waals surface area contributed by atoms with Crippen molar-refractivity contribution in [3.05, 3.63) is 41.6 Å². The van der Waals surface area contributed by atoms with Gasteiger partial charge in [0.2, 0.25) is 5.91 Å². The molecule has 5 heteroatoms. The average molecular weight is 317 g/mol. The van der Waals surface area contributed by atoms with Crippen LogP contribution >= 0.6 is 11.8 Å². The summed E-state index contributed by atoms with van der Waals surface area (Å²) in [6.07, 6.45) is 1.71. The highest BCUT2D eigenvalue weighted by molar-refractivity contribution is 8.00. The number of thioether (sulfide) groups is 1. The van der Waals surface area contributed by atoms with Crippen molar-refractivity contribution in [1.82, 2.24) is 9.78 Å². The maximum absolute atomic E-state index is 12.4. The van der Waals surface area contributed by atoms with Crippen LogP contribution in [0.4, 0.5) is 5.82 Å². The Morgan fingerprint density at radius 3 is 2.59 bits per heavy atom. The first kappa shape index (κ1) is 16.6. The number of carbonyl (C=O) groups excluding carboxylic acids is 1. The first-order valence-electron chi connectivity index (χ1n) is 7.46. The molecule has 0 unspecified atom stereocenters. The lowest BCUT2D eigenvalue weighted by atomic mass is 10.2. The standard InChI is InChI=1S/C17H23N3OS/c1-11(2)20-16(8-9-18-20)19-17(21)14(5)22-15-7-6-12(3)10-13(15)4/h6-11,14H,1-5H3,(H,19,21)/t14-/m1/s1. The highest BCUT2D eigenvalue weighted by Gasteiger charge is 2.17. The van der Waals surface area contributed by atoms with Crippen LogP contribution in [-0.2, 0) is 4.79 Å². The molecule has 0 aliphatic rings. The largest absolute Gasteiger partial charge is 0.310 e. The molecular weight excluding hydrogens is 294 g/mol. The lowest BCUT2D eigenvalue weighted by molar-refractivity contribution is -0.115. The lowest BCUT2D eigenvalue weighted by Crippen LogP contribution is -2.24. The van der Waals surface area contributed by atoms with Gasteiger partial charge in [0, 0.05) is 17.0 Å². The maximum atomic E-state index is 12.4. The number of nitrogens with zero attached hydrogens (tertiary/aromatic N) is 2. The maximum Gasteiger partial charge on any atom is 0.238 e. The summed E-state index contributed by atoms with van der Waals surface area (Å²) in [6.45, 7) is 10.2. The van der Waals surface area contributed by atoms with Crippen molar-refractivity contribution in [2.75, 3.05) is 5.32 Å². The predicted molar refractivity (Wildman–Crippen MR) is 92.5 cm³/mol. The van der Waals surface area contributed by atoms with Crippen LogP contribution in [0.5, 0.6) is 0 Å². The molecule has 1 heterocycles. The topological polar surface area (TPSA) is 46.9 Å². The van der Waals surface area contributed by atoms with Gasteiger partial charge >= 0.3 is 0 Å². The Labute approximate surface area is 136 Å². The third-order valence-corrected chi connectivity index (χ3v) is 4.69. The first-order chi connectivity index (χ1) is 10.4. The summed E-state index contributed by atoms with van der Waals surface area (Å²) >= 11 is 1.58. The molecule has 118 valence electrons. The van der Waals surface area contributed by atoms with Crippen LogP contribution in [0.15, 0.2) is 35.4 Å². The third-order valence-electron chi connectivity index (χ3n) is 3.41. The fourth-order valence-electron chi connectivity index (χ4n) is 2.23. The van der Waals surface area contributed by atoms with E-state index in [4.69, 9.17) is 0 Å². The summed E-state index contributed by atoms with van der Waals surface area (Å²) in [4.78, 5) is 13.5. The quantitative estimate of drug-likeness (QED) is 0.841. The molecule has 1 aromatic heterocycles. The lowest BCUT2D eigenvalue weighted by Gasteiger charge is -2.16. The molecule has 0 radical (unpaired) electrons. The monoisotopic (exact) mass is 317 g/mol. The number of hydrogen-bond acceptors (Lipinski definition) is 3. The van der Waals surface area contributed by atoms with Gasteiger partial charge in [0.15, 0.2) is 0 Å². The van der Waals surface area contributed by atoms with E-state index in [0.717, 1.165) is 10.7 Å². The molecule has 1 aromatic carbocycles. The molecule has 1 N–H and O–H groups in total. The summed E-state index contributed by atoms with van der Waals surface area (Å²) in [5.41, 5.74) is 2.44. The SMILES string of the molecule is Cc1ccc(S[C@H](C)C(=O)Nc2ccnn2C(C)C)c(C)c1. The summed E-state index contributed by atoms with van der Waals surface area (Å²) in [5, 5.41) is 7.02. The van der Waals surface area contributed by atoms with Crippen molar-refractivity contribution in [1.29, 1.82) is 0 Å². The first-order valence-corrected chi connectivity index (χ1v) is 8.34. The van der Waals surface area contributed by atoms with Crippen molar-refractivity contribution in [3.63, 3.8) is 0 Å². The molecule has 1 amide bonds. The molecule has 0 aliphatic carbocycles. The Hall–Kier alpha value is -1.75. The van der Waals surface area contributed by atoms with E-state index in [-0.39, 0.29) is 17.2 Å². The van der Waals surface area contributed by atoms with E-state index in [2.05, 4.69) is 42.5 Å². The minimum Gasteiger partial charge on any atom is -0.310 e. The average Bonchev–Trinajstić information content (AvgIpc) is 2.90. The van der Waals surface area contributed by atoms with E-state index in [1.807, 2.05) is 31.5 Å². The zero-order chi connectivity index (χ0) is 16.3. The molecule has 0 saturated heterocycles. The van der Waals surface area contributed by atoms with Gasteiger partial charge in [0.1, 0.15) is 5.82 Å². The molecule has 2 aromatic rings. The zero-order valence-corrected chi connectivity index (χ0v) is 14.6. The summed E-state index contributed by atoms with van der Waals surface area (Å²) in [7, 11) is 0. The second-order valence-electron chi connectivity index (χ2n) is 5.77. The van der Waals surface area contributed by atoms with E-state index < -0.39 is 0 Å². The van der Waals surface area contributed by atoms with Crippen molar-refractivity contribution < 1.29 is 4.79 Å². The number of anilines is 1. The Morgan fingerprint density at radius 1 is 1.23 bits per heavy atom. The summed E-state index contributed by atoms with van der Waals surface area (Å²) in [5.74, 6) is 0.737. The highest BCUT2D eigenvalue weighted by atomic mass is 32.2. The number of benzene rings is 1. The summed E-state index contributed by atoms with van der Waals surface area (Å²) in [6, 6.07) is 8.34. The molecule has 0 bridgehead atoms. The zero-order valence-electron chi connectivity index (χ0n) is 13.8. The van der Waals surface area contributed by atoms with Gasteiger partial charge in [-0.25, -0.2) is 4.68 Å².